The van der Waals surface area contributed by atoms with Crippen LogP contribution in [0, 0.1) is 0 Å². The largest absolute Gasteiger partial charge is 0.369 e. The van der Waals surface area contributed by atoms with Gasteiger partial charge in [-0.05, 0) is 69.3 Å². The maximum absolute atomic E-state index is 6.28. The van der Waals surface area contributed by atoms with Gasteiger partial charge in [0, 0.05) is 12.2 Å². The van der Waals surface area contributed by atoms with E-state index in [2.05, 4.69) is 39.1 Å². The van der Waals surface area contributed by atoms with E-state index < -0.39 is 0 Å². The summed E-state index contributed by atoms with van der Waals surface area (Å²) in [6, 6.07) is 8.72. The SMILES string of the molecule is NC1=NC2(CCCCC2)N(c2ccc(CN3CCCC3)cc2)C(N)=N1. The molecule has 0 radical (unpaired) electrons. The number of nitrogens with two attached hydrogens (primary N) is 2. The smallest absolute Gasteiger partial charge is 0.220 e. The number of guanidine groups is 2. The molecule has 1 saturated heterocycles. The Balaban J connectivity index is 1.59. The van der Waals surface area contributed by atoms with Gasteiger partial charge in [-0.25, -0.2) is 4.99 Å². The van der Waals surface area contributed by atoms with Crippen LogP contribution < -0.4 is 16.4 Å². The molecule has 134 valence electrons. The van der Waals surface area contributed by atoms with E-state index in [0.29, 0.717) is 11.9 Å². The highest BCUT2D eigenvalue weighted by Crippen LogP contribution is 2.39. The third kappa shape index (κ3) is 3.23. The predicted octanol–water partition coefficient (Wildman–Crippen LogP) is 2.39. The van der Waals surface area contributed by atoms with Crippen molar-refractivity contribution in [2.45, 2.75) is 57.2 Å². The van der Waals surface area contributed by atoms with E-state index in [0.717, 1.165) is 37.9 Å². The number of likely N-dealkylation sites (tertiary alicyclic amines) is 1. The fraction of sp³-hybridized carbons (Fsp3) is 0.579. The van der Waals surface area contributed by atoms with Crippen LogP contribution in [0.3, 0.4) is 0 Å². The molecule has 0 unspecified atom stereocenters. The normalized spacial score (nSPS) is 23.6. The minimum absolute atomic E-state index is 0.307. The molecule has 0 aromatic heterocycles. The van der Waals surface area contributed by atoms with Gasteiger partial charge in [0.25, 0.3) is 0 Å². The number of rotatable bonds is 3. The Morgan fingerprint density at radius 3 is 2.28 bits per heavy atom. The van der Waals surface area contributed by atoms with Crippen molar-refractivity contribution >= 4 is 17.6 Å². The molecule has 1 spiro atoms. The summed E-state index contributed by atoms with van der Waals surface area (Å²) in [6.45, 7) is 3.45. The van der Waals surface area contributed by atoms with E-state index in [1.165, 1.54) is 37.9 Å². The van der Waals surface area contributed by atoms with E-state index in [4.69, 9.17) is 16.5 Å². The molecular weight excluding hydrogens is 312 g/mol. The van der Waals surface area contributed by atoms with Crippen molar-refractivity contribution in [2.75, 3.05) is 18.0 Å². The highest BCUT2D eigenvalue weighted by atomic mass is 15.4. The molecule has 1 saturated carbocycles. The van der Waals surface area contributed by atoms with E-state index in [9.17, 15) is 0 Å². The van der Waals surface area contributed by atoms with Crippen LogP contribution >= 0.6 is 0 Å². The Bertz CT molecular complexity index is 666. The van der Waals surface area contributed by atoms with E-state index in [-0.39, 0.29) is 5.66 Å². The van der Waals surface area contributed by atoms with Gasteiger partial charge in [-0.15, -0.1) is 0 Å². The second-order valence-corrected chi connectivity index (χ2v) is 7.47. The van der Waals surface area contributed by atoms with Gasteiger partial charge in [-0.1, -0.05) is 18.6 Å². The van der Waals surface area contributed by atoms with Crippen molar-refractivity contribution in [3.63, 3.8) is 0 Å². The molecule has 0 bridgehead atoms. The Morgan fingerprint density at radius 2 is 1.60 bits per heavy atom. The highest BCUT2D eigenvalue weighted by molar-refractivity contribution is 6.05. The van der Waals surface area contributed by atoms with Crippen LogP contribution in [0.5, 0.6) is 0 Å². The lowest BCUT2D eigenvalue weighted by atomic mass is 9.87. The average molecular weight is 340 g/mol. The second kappa shape index (κ2) is 6.67. The first-order chi connectivity index (χ1) is 12.2. The lowest BCUT2D eigenvalue weighted by Crippen LogP contribution is -2.58. The first-order valence-corrected chi connectivity index (χ1v) is 9.47. The quantitative estimate of drug-likeness (QED) is 0.885. The molecule has 4 rings (SSSR count). The Morgan fingerprint density at radius 1 is 0.920 bits per heavy atom. The summed E-state index contributed by atoms with van der Waals surface area (Å²) in [6.07, 6.45) is 8.12. The molecule has 2 fully saturated rings. The molecule has 0 amide bonds. The number of benzene rings is 1. The number of nitrogens with zero attached hydrogens (tertiary/aromatic N) is 4. The zero-order valence-corrected chi connectivity index (χ0v) is 14.8. The highest BCUT2D eigenvalue weighted by Gasteiger charge is 2.42. The maximum atomic E-state index is 6.28. The van der Waals surface area contributed by atoms with Crippen molar-refractivity contribution in [1.82, 2.24) is 4.90 Å². The minimum Gasteiger partial charge on any atom is -0.369 e. The third-order valence-corrected chi connectivity index (χ3v) is 5.65. The van der Waals surface area contributed by atoms with Crippen LogP contribution in [0.4, 0.5) is 5.69 Å². The first-order valence-electron chi connectivity index (χ1n) is 9.47. The molecular formula is C19H28N6. The van der Waals surface area contributed by atoms with Crippen molar-refractivity contribution in [2.24, 2.45) is 21.5 Å². The molecule has 1 aliphatic carbocycles. The van der Waals surface area contributed by atoms with E-state index >= 15 is 0 Å². The van der Waals surface area contributed by atoms with Crippen molar-refractivity contribution in [3.8, 4) is 0 Å². The topological polar surface area (TPSA) is 83.2 Å². The average Bonchev–Trinajstić information content (AvgIpc) is 3.09. The summed E-state index contributed by atoms with van der Waals surface area (Å²) in [4.78, 5) is 13.6. The van der Waals surface area contributed by atoms with E-state index in [1.807, 2.05) is 0 Å². The summed E-state index contributed by atoms with van der Waals surface area (Å²) >= 11 is 0. The number of hydrogen-bond donors (Lipinski definition) is 2. The molecule has 0 atom stereocenters. The molecule has 1 aromatic carbocycles. The van der Waals surface area contributed by atoms with Crippen LogP contribution in [0.1, 0.15) is 50.5 Å². The number of anilines is 1. The van der Waals surface area contributed by atoms with Crippen LogP contribution in [0.25, 0.3) is 0 Å². The van der Waals surface area contributed by atoms with Gasteiger partial charge < -0.3 is 11.5 Å². The van der Waals surface area contributed by atoms with Crippen molar-refractivity contribution in [3.05, 3.63) is 29.8 Å². The molecule has 4 N–H and O–H groups in total. The number of aliphatic imine (C=N–C) groups is 2. The van der Waals surface area contributed by atoms with Crippen LogP contribution in [0.2, 0.25) is 0 Å². The van der Waals surface area contributed by atoms with Gasteiger partial charge in [0.05, 0.1) is 0 Å². The van der Waals surface area contributed by atoms with Crippen LogP contribution in [0.15, 0.2) is 34.3 Å². The zero-order valence-electron chi connectivity index (χ0n) is 14.8. The Labute approximate surface area is 149 Å². The molecule has 6 nitrogen and oxygen atoms in total. The predicted molar refractivity (Wildman–Crippen MR) is 102 cm³/mol. The monoisotopic (exact) mass is 340 g/mol. The van der Waals surface area contributed by atoms with E-state index in [1.54, 1.807) is 0 Å². The van der Waals surface area contributed by atoms with Gasteiger partial charge >= 0.3 is 0 Å². The summed E-state index contributed by atoms with van der Waals surface area (Å²) in [7, 11) is 0. The summed E-state index contributed by atoms with van der Waals surface area (Å²) in [5.74, 6) is 0.767. The maximum Gasteiger partial charge on any atom is 0.220 e. The molecule has 1 aromatic rings. The fourth-order valence-electron chi connectivity index (χ4n) is 4.44. The molecule has 6 heteroatoms. The van der Waals surface area contributed by atoms with Gasteiger partial charge in [-0.2, -0.15) is 4.99 Å². The Hall–Kier alpha value is -2.08. The van der Waals surface area contributed by atoms with Crippen LogP contribution in [-0.4, -0.2) is 35.6 Å². The number of hydrogen-bond acceptors (Lipinski definition) is 6. The zero-order chi connectivity index (χ0) is 17.3. The first kappa shape index (κ1) is 16.4. The Kier molecular flexibility index (Phi) is 4.37. The summed E-state index contributed by atoms with van der Waals surface area (Å²) in [5, 5.41) is 0. The van der Waals surface area contributed by atoms with Gasteiger partial charge in [0.15, 0.2) is 0 Å². The lowest BCUT2D eigenvalue weighted by molar-refractivity contribution is 0.305. The molecule has 2 heterocycles. The van der Waals surface area contributed by atoms with Gasteiger partial charge in [-0.3, -0.25) is 9.80 Å². The van der Waals surface area contributed by atoms with Crippen LogP contribution in [-0.2, 0) is 6.54 Å². The third-order valence-electron chi connectivity index (χ3n) is 5.65. The van der Waals surface area contributed by atoms with Crippen molar-refractivity contribution < 1.29 is 0 Å². The summed E-state index contributed by atoms with van der Waals surface area (Å²) in [5.41, 5.74) is 14.3. The van der Waals surface area contributed by atoms with Gasteiger partial charge in [0.2, 0.25) is 11.9 Å². The molecule has 2 aliphatic heterocycles. The minimum atomic E-state index is -0.357. The molecule has 25 heavy (non-hydrogen) atoms. The fourth-order valence-corrected chi connectivity index (χ4v) is 4.44. The second-order valence-electron chi connectivity index (χ2n) is 7.47. The lowest BCUT2D eigenvalue weighted by Gasteiger charge is -2.45. The van der Waals surface area contributed by atoms with Gasteiger partial charge in [0.1, 0.15) is 5.66 Å². The molecule has 3 aliphatic rings. The standard InChI is InChI=1S/C19H28N6/c20-17-22-18(21)25(19(23-17)10-2-1-3-11-19)16-8-6-15(7-9-16)14-24-12-4-5-13-24/h6-9H,1-5,10-14H2,(H4,20,21,22,23). The van der Waals surface area contributed by atoms with Crippen molar-refractivity contribution in [1.29, 1.82) is 0 Å². The summed E-state index contributed by atoms with van der Waals surface area (Å²) < 4.78 is 0.